The van der Waals surface area contributed by atoms with Crippen LogP contribution in [0, 0.1) is 5.82 Å². The van der Waals surface area contributed by atoms with Crippen LogP contribution in [0.15, 0.2) is 35.2 Å². The molecule has 18 heavy (non-hydrogen) atoms. The van der Waals surface area contributed by atoms with Gasteiger partial charge < -0.3 is 5.32 Å². The molecule has 2 rings (SSSR count). The molecular weight excluding hydrogens is 293 g/mol. The van der Waals surface area contributed by atoms with Crippen LogP contribution in [-0.4, -0.2) is 10.5 Å². The molecule has 0 aliphatic rings. The number of thiophene rings is 1. The lowest BCUT2D eigenvalue weighted by molar-refractivity contribution is 0.596. The highest BCUT2D eigenvalue weighted by atomic mass is 35.5. The van der Waals surface area contributed by atoms with Crippen molar-refractivity contribution in [3.63, 3.8) is 0 Å². The average molecular weight is 304 g/mol. The number of hydrogen-bond acceptors (Lipinski definition) is 3. The lowest BCUT2D eigenvalue weighted by Gasteiger charge is -2.06. The summed E-state index contributed by atoms with van der Waals surface area (Å²) in [6.45, 7) is 0.589. The Labute approximate surface area is 116 Å². The molecule has 2 nitrogen and oxygen atoms in total. The van der Waals surface area contributed by atoms with Crippen molar-refractivity contribution in [1.82, 2.24) is 0 Å². The van der Waals surface area contributed by atoms with E-state index in [4.69, 9.17) is 11.6 Å². The van der Waals surface area contributed by atoms with Gasteiger partial charge in [-0.3, -0.25) is 4.21 Å². The van der Waals surface area contributed by atoms with E-state index in [1.54, 1.807) is 6.07 Å². The van der Waals surface area contributed by atoms with E-state index < -0.39 is 16.6 Å². The molecule has 0 unspecified atom stereocenters. The molecule has 1 atom stereocenters. The van der Waals surface area contributed by atoms with Gasteiger partial charge in [0.2, 0.25) is 0 Å². The Morgan fingerprint density at radius 3 is 2.72 bits per heavy atom. The van der Waals surface area contributed by atoms with Gasteiger partial charge in [0.25, 0.3) is 0 Å². The minimum absolute atomic E-state index is 0.222. The Morgan fingerprint density at radius 1 is 1.39 bits per heavy atom. The third-order valence-electron chi connectivity index (χ3n) is 2.34. The van der Waals surface area contributed by atoms with Crippen LogP contribution in [0.4, 0.5) is 10.1 Å². The molecule has 1 N–H and O–H groups in total. The van der Waals surface area contributed by atoms with Gasteiger partial charge in [0, 0.05) is 23.4 Å². The Bertz CT molecular complexity index is 585. The van der Waals surface area contributed by atoms with E-state index >= 15 is 0 Å². The van der Waals surface area contributed by atoms with Gasteiger partial charge in [0.1, 0.15) is 5.82 Å². The van der Waals surface area contributed by atoms with E-state index in [2.05, 4.69) is 5.32 Å². The van der Waals surface area contributed by atoms with Crippen LogP contribution in [0.25, 0.3) is 0 Å². The number of benzene rings is 1. The predicted octanol–water partition coefficient (Wildman–Crippen LogP) is 3.89. The van der Waals surface area contributed by atoms with Gasteiger partial charge in [0.05, 0.1) is 20.0 Å². The highest BCUT2D eigenvalue weighted by Gasteiger charge is 2.07. The normalized spacial score (nSPS) is 12.4. The summed E-state index contributed by atoms with van der Waals surface area (Å²) in [7, 11) is -1.30. The minimum Gasteiger partial charge on any atom is -0.380 e. The van der Waals surface area contributed by atoms with Gasteiger partial charge >= 0.3 is 0 Å². The Hall–Kier alpha value is -0.910. The van der Waals surface area contributed by atoms with Crippen molar-refractivity contribution in [1.29, 1.82) is 0 Å². The van der Waals surface area contributed by atoms with Crippen molar-refractivity contribution in [2.45, 2.75) is 11.4 Å². The summed E-state index contributed by atoms with van der Waals surface area (Å²) >= 11 is 7.30. The molecule has 0 saturated heterocycles. The van der Waals surface area contributed by atoms with Crippen molar-refractivity contribution in [3.8, 4) is 0 Å². The Kier molecular flexibility index (Phi) is 4.37. The first-order valence-electron chi connectivity index (χ1n) is 5.17. The molecule has 0 spiro atoms. The van der Waals surface area contributed by atoms with Crippen LogP contribution in [0.5, 0.6) is 0 Å². The number of halogens is 2. The van der Waals surface area contributed by atoms with E-state index in [9.17, 15) is 8.60 Å². The second-order valence-corrected chi connectivity index (χ2v) is 6.81. The summed E-state index contributed by atoms with van der Waals surface area (Å²) in [4.78, 5) is 1.29. The molecule has 1 aromatic carbocycles. The molecular formula is C12H11ClFNOS2. The SMILES string of the molecule is C[S@@](=O)c1ccc(NCc2ccc(Cl)s2)cc1F. The number of rotatable bonds is 4. The second-order valence-electron chi connectivity index (χ2n) is 3.66. The maximum Gasteiger partial charge on any atom is 0.141 e. The quantitative estimate of drug-likeness (QED) is 0.928. The zero-order chi connectivity index (χ0) is 13.1. The lowest BCUT2D eigenvalue weighted by atomic mass is 10.3. The molecule has 0 bridgehead atoms. The Balaban J connectivity index is 2.06. The first kappa shape index (κ1) is 13.5. The third-order valence-corrected chi connectivity index (χ3v) is 4.52. The van der Waals surface area contributed by atoms with Gasteiger partial charge in [-0.25, -0.2) is 4.39 Å². The molecule has 0 radical (unpaired) electrons. The number of hydrogen-bond donors (Lipinski definition) is 1. The molecule has 6 heteroatoms. The number of anilines is 1. The van der Waals surface area contributed by atoms with Crippen molar-refractivity contribution >= 4 is 39.4 Å². The van der Waals surface area contributed by atoms with Crippen LogP contribution in [-0.2, 0) is 17.3 Å². The lowest BCUT2D eigenvalue weighted by Crippen LogP contribution is -1.99. The van der Waals surface area contributed by atoms with Crippen LogP contribution >= 0.6 is 22.9 Å². The van der Waals surface area contributed by atoms with Crippen LogP contribution in [0.2, 0.25) is 4.34 Å². The molecule has 2 aromatic rings. The first-order chi connectivity index (χ1) is 8.56. The molecule has 0 aliphatic carbocycles. The molecule has 1 aromatic heterocycles. The summed E-state index contributed by atoms with van der Waals surface area (Å²) in [5.41, 5.74) is 0.659. The molecule has 96 valence electrons. The van der Waals surface area contributed by atoms with Crippen LogP contribution in [0.1, 0.15) is 4.88 Å². The minimum atomic E-state index is -1.30. The topological polar surface area (TPSA) is 29.1 Å². The highest BCUT2D eigenvalue weighted by molar-refractivity contribution is 7.84. The van der Waals surface area contributed by atoms with E-state index in [0.717, 1.165) is 9.21 Å². The maximum atomic E-state index is 13.6. The zero-order valence-corrected chi connectivity index (χ0v) is 12.0. The van der Waals surface area contributed by atoms with Crippen molar-refractivity contribution in [2.24, 2.45) is 0 Å². The second kappa shape index (κ2) is 5.82. The summed E-state index contributed by atoms with van der Waals surface area (Å²) < 4.78 is 25.5. The van der Waals surface area contributed by atoms with E-state index in [1.807, 2.05) is 12.1 Å². The maximum absolute atomic E-state index is 13.6. The molecule has 0 saturated carbocycles. The van der Waals surface area contributed by atoms with Gasteiger partial charge in [-0.15, -0.1) is 11.3 Å². The summed E-state index contributed by atoms with van der Waals surface area (Å²) in [5.74, 6) is -0.454. The fourth-order valence-corrected chi connectivity index (χ4v) is 3.10. The highest BCUT2D eigenvalue weighted by Crippen LogP contribution is 2.23. The van der Waals surface area contributed by atoms with E-state index in [-0.39, 0.29) is 4.90 Å². The first-order valence-corrected chi connectivity index (χ1v) is 7.92. The smallest absolute Gasteiger partial charge is 0.141 e. The van der Waals surface area contributed by atoms with Crippen molar-refractivity contribution in [3.05, 3.63) is 45.4 Å². The van der Waals surface area contributed by atoms with Crippen molar-refractivity contribution < 1.29 is 8.60 Å². The molecule has 1 heterocycles. The van der Waals surface area contributed by atoms with Crippen molar-refractivity contribution in [2.75, 3.05) is 11.6 Å². The van der Waals surface area contributed by atoms with Crippen LogP contribution in [0.3, 0.4) is 0 Å². The van der Waals surface area contributed by atoms with Gasteiger partial charge in [0.15, 0.2) is 0 Å². The summed E-state index contributed by atoms with van der Waals surface area (Å²) in [6.07, 6.45) is 1.46. The Morgan fingerprint density at radius 2 is 2.17 bits per heavy atom. The van der Waals surface area contributed by atoms with E-state index in [1.165, 1.54) is 29.7 Å². The van der Waals surface area contributed by atoms with Crippen LogP contribution < -0.4 is 5.32 Å². The third kappa shape index (κ3) is 3.31. The summed E-state index contributed by atoms with van der Waals surface area (Å²) in [6, 6.07) is 8.36. The standard InChI is InChI=1S/C12H11ClFNOS2/c1-18(16)11-4-2-8(6-10(11)14)15-7-9-3-5-12(13)17-9/h2-6,15H,7H2,1H3/t18-/m1/s1. The molecule has 0 fully saturated rings. The largest absolute Gasteiger partial charge is 0.380 e. The number of nitrogens with one attached hydrogen (secondary N) is 1. The van der Waals surface area contributed by atoms with Gasteiger partial charge in [-0.1, -0.05) is 11.6 Å². The summed E-state index contributed by atoms with van der Waals surface area (Å²) in [5, 5.41) is 3.09. The van der Waals surface area contributed by atoms with Gasteiger partial charge in [-0.05, 0) is 30.3 Å². The average Bonchev–Trinajstić information content (AvgIpc) is 2.72. The van der Waals surface area contributed by atoms with E-state index in [0.29, 0.717) is 12.2 Å². The molecule has 0 amide bonds. The molecule has 0 aliphatic heterocycles. The fourth-order valence-electron chi connectivity index (χ4n) is 1.48. The van der Waals surface area contributed by atoms with Gasteiger partial charge in [-0.2, -0.15) is 0 Å². The zero-order valence-electron chi connectivity index (χ0n) is 9.57. The fraction of sp³-hybridized carbons (Fsp3) is 0.167. The monoisotopic (exact) mass is 303 g/mol. The predicted molar refractivity (Wildman–Crippen MR) is 75.4 cm³/mol.